The fraction of sp³-hybridized carbons (Fsp3) is 0.429. The molecule has 1 amide bonds. The molecule has 1 aromatic rings. The van der Waals surface area contributed by atoms with Gasteiger partial charge in [0.25, 0.3) is 5.91 Å². The first-order chi connectivity index (χ1) is 6.19. The van der Waals surface area contributed by atoms with E-state index in [9.17, 15) is 4.79 Å². The van der Waals surface area contributed by atoms with Gasteiger partial charge in [-0.05, 0) is 22.4 Å². The lowest BCUT2D eigenvalue weighted by molar-refractivity contribution is -0.124. The van der Waals surface area contributed by atoms with Crippen molar-refractivity contribution in [1.82, 2.24) is 15.2 Å². The molecule has 0 aliphatic heterocycles. The van der Waals surface area contributed by atoms with E-state index in [2.05, 4.69) is 26.5 Å². The Morgan fingerprint density at radius 1 is 1.92 bits per heavy atom. The van der Waals surface area contributed by atoms with Gasteiger partial charge in [0.15, 0.2) is 0 Å². The lowest BCUT2D eigenvalue weighted by Crippen LogP contribution is -2.37. The highest BCUT2D eigenvalue weighted by Crippen LogP contribution is 2.14. The van der Waals surface area contributed by atoms with Crippen molar-refractivity contribution in [1.29, 1.82) is 0 Å². The topological polar surface area (TPSA) is 72.9 Å². The fourth-order valence-electron chi connectivity index (χ4n) is 1.07. The van der Waals surface area contributed by atoms with Crippen LogP contribution in [0.3, 0.4) is 0 Å². The Bertz CT molecular complexity index is 298. The molecule has 13 heavy (non-hydrogen) atoms. The van der Waals surface area contributed by atoms with Gasteiger partial charge in [0.2, 0.25) is 0 Å². The summed E-state index contributed by atoms with van der Waals surface area (Å²) in [5.41, 5.74) is 2.11. The number of carbonyl (C=O) groups is 1. The van der Waals surface area contributed by atoms with E-state index >= 15 is 0 Å². The molecule has 5 nitrogen and oxygen atoms in total. The molecule has 0 aromatic carbocycles. The molecule has 72 valence electrons. The minimum Gasteiger partial charge on any atom is -0.292 e. The van der Waals surface area contributed by atoms with Gasteiger partial charge in [0.05, 0.1) is 10.7 Å². The smallest absolute Gasteiger partial charge is 0.258 e. The number of amides is 1. The number of hydrazine groups is 1. The Kier molecular flexibility index (Phi) is 3.44. The minimum absolute atomic E-state index is 0.238. The molecule has 1 rings (SSSR count). The summed E-state index contributed by atoms with van der Waals surface area (Å²) in [7, 11) is 0. The Labute approximate surface area is 84.4 Å². The SMILES string of the molecule is CC[C@H](C(=O)NN)n1cc(Br)cn1. The van der Waals surface area contributed by atoms with Crippen LogP contribution in [0.1, 0.15) is 19.4 Å². The fourth-order valence-corrected chi connectivity index (χ4v) is 1.38. The lowest BCUT2D eigenvalue weighted by Gasteiger charge is -2.12. The highest BCUT2D eigenvalue weighted by atomic mass is 79.9. The highest BCUT2D eigenvalue weighted by molar-refractivity contribution is 9.10. The minimum atomic E-state index is -0.337. The Morgan fingerprint density at radius 2 is 2.62 bits per heavy atom. The van der Waals surface area contributed by atoms with E-state index in [-0.39, 0.29) is 11.9 Å². The molecular weight excluding hydrogens is 236 g/mol. The van der Waals surface area contributed by atoms with Crippen LogP contribution in [0.5, 0.6) is 0 Å². The number of carbonyl (C=O) groups excluding carboxylic acids is 1. The number of hydrogen-bond acceptors (Lipinski definition) is 3. The van der Waals surface area contributed by atoms with Crippen LogP contribution in [0, 0.1) is 0 Å². The average molecular weight is 247 g/mol. The third-order valence-electron chi connectivity index (χ3n) is 1.72. The van der Waals surface area contributed by atoms with Crippen LogP contribution in [-0.4, -0.2) is 15.7 Å². The van der Waals surface area contributed by atoms with Gasteiger partial charge in [-0.3, -0.25) is 14.9 Å². The van der Waals surface area contributed by atoms with Crippen molar-refractivity contribution in [3.05, 3.63) is 16.9 Å². The van der Waals surface area contributed by atoms with Gasteiger partial charge < -0.3 is 0 Å². The summed E-state index contributed by atoms with van der Waals surface area (Å²) in [6, 6.07) is -0.337. The molecule has 0 fully saturated rings. The molecule has 0 spiro atoms. The lowest BCUT2D eigenvalue weighted by atomic mass is 10.2. The molecule has 6 heteroatoms. The van der Waals surface area contributed by atoms with Crippen LogP contribution >= 0.6 is 15.9 Å². The number of rotatable bonds is 3. The normalized spacial score (nSPS) is 12.5. The van der Waals surface area contributed by atoms with E-state index in [1.54, 1.807) is 17.1 Å². The average Bonchev–Trinajstić information content (AvgIpc) is 2.53. The summed E-state index contributed by atoms with van der Waals surface area (Å²) in [5, 5.41) is 4.01. The molecule has 0 radical (unpaired) electrons. The first-order valence-electron chi connectivity index (χ1n) is 3.89. The molecule has 0 bridgehead atoms. The zero-order chi connectivity index (χ0) is 9.84. The standard InChI is InChI=1S/C7H11BrN4O/c1-2-6(7(13)11-9)12-4-5(8)3-10-12/h3-4,6H,2,9H2,1H3,(H,11,13)/t6-/m1/s1. The van der Waals surface area contributed by atoms with E-state index in [1.807, 2.05) is 6.92 Å². The largest absolute Gasteiger partial charge is 0.292 e. The molecule has 1 atom stereocenters. The molecule has 0 saturated carbocycles. The Balaban J connectivity index is 2.84. The van der Waals surface area contributed by atoms with Crippen LogP contribution in [-0.2, 0) is 4.79 Å². The molecule has 0 unspecified atom stereocenters. The second-order valence-corrected chi connectivity index (χ2v) is 3.49. The van der Waals surface area contributed by atoms with Crippen LogP contribution in [0.4, 0.5) is 0 Å². The summed E-state index contributed by atoms with van der Waals surface area (Å²) in [5.74, 6) is 4.80. The van der Waals surface area contributed by atoms with E-state index < -0.39 is 0 Å². The maximum Gasteiger partial charge on any atom is 0.258 e. The van der Waals surface area contributed by atoms with Crippen molar-refractivity contribution in [2.24, 2.45) is 5.84 Å². The molecule has 0 aliphatic carbocycles. The maximum atomic E-state index is 11.2. The molecule has 0 aliphatic rings. The molecule has 1 heterocycles. The van der Waals surface area contributed by atoms with E-state index in [1.165, 1.54) is 0 Å². The number of nitrogens with two attached hydrogens (primary N) is 1. The third kappa shape index (κ3) is 2.28. The van der Waals surface area contributed by atoms with Crippen molar-refractivity contribution in [3.63, 3.8) is 0 Å². The predicted octanol–water partition coefficient (Wildman–Crippen LogP) is 0.587. The number of halogens is 1. The summed E-state index contributed by atoms with van der Waals surface area (Å²) >= 11 is 3.25. The van der Waals surface area contributed by atoms with Crippen LogP contribution in [0.2, 0.25) is 0 Å². The third-order valence-corrected chi connectivity index (χ3v) is 2.13. The van der Waals surface area contributed by atoms with Crippen molar-refractivity contribution < 1.29 is 4.79 Å². The zero-order valence-corrected chi connectivity index (χ0v) is 8.78. The number of nitrogens with one attached hydrogen (secondary N) is 1. The van der Waals surface area contributed by atoms with Gasteiger partial charge in [-0.2, -0.15) is 5.10 Å². The Hall–Kier alpha value is -0.880. The summed E-state index contributed by atoms with van der Waals surface area (Å²) in [6.07, 6.45) is 4.02. The second-order valence-electron chi connectivity index (χ2n) is 2.57. The van der Waals surface area contributed by atoms with Crippen molar-refractivity contribution in [3.8, 4) is 0 Å². The molecule has 0 saturated heterocycles. The van der Waals surface area contributed by atoms with Gasteiger partial charge >= 0.3 is 0 Å². The second kappa shape index (κ2) is 4.38. The highest BCUT2D eigenvalue weighted by Gasteiger charge is 2.17. The van der Waals surface area contributed by atoms with Gasteiger partial charge in [0.1, 0.15) is 6.04 Å². The molecule has 3 N–H and O–H groups in total. The van der Waals surface area contributed by atoms with Crippen LogP contribution < -0.4 is 11.3 Å². The molecule has 1 aromatic heterocycles. The Morgan fingerprint density at radius 3 is 3.00 bits per heavy atom. The van der Waals surface area contributed by atoms with Crippen LogP contribution in [0.25, 0.3) is 0 Å². The van der Waals surface area contributed by atoms with Crippen molar-refractivity contribution in [2.45, 2.75) is 19.4 Å². The van der Waals surface area contributed by atoms with Crippen molar-refractivity contribution in [2.75, 3.05) is 0 Å². The van der Waals surface area contributed by atoms with Crippen LogP contribution in [0.15, 0.2) is 16.9 Å². The quantitative estimate of drug-likeness (QED) is 0.466. The number of aromatic nitrogens is 2. The first kappa shape index (κ1) is 10.2. The predicted molar refractivity (Wildman–Crippen MR) is 51.6 cm³/mol. The van der Waals surface area contributed by atoms with Gasteiger partial charge in [-0.1, -0.05) is 6.92 Å². The monoisotopic (exact) mass is 246 g/mol. The number of hydrogen-bond donors (Lipinski definition) is 2. The van der Waals surface area contributed by atoms with Gasteiger partial charge in [0, 0.05) is 6.20 Å². The van der Waals surface area contributed by atoms with E-state index in [4.69, 9.17) is 5.84 Å². The first-order valence-corrected chi connectivity index (χ1v) is 4.68. The number of nitrogens with zero attached hydrogens (tertiary/aromatic N) is 2. The summed E-state index contributed by atoms with van der Waals surface area (Å²) in [6.45, 7) is 1.90. The summed E-state index contributed by atoms with van der Waals surface area (Å²) < 4.78 is 2.42. The maximum absolute atomic E-state index is 11.2. The van der Waals surface area contributed by atoms with Gasteiger partial charge in [-0.25, -0.2) is 5.84 Å². The molecular formula is C7H11BrN4O. The van der Waals surface area contributed by atoms with Crippen molar-refractivity contribution >= 4 is 21.8 Å². The van der Waals surface area contributed by atoms with Gasteiger partial charge in [-0.15, -0.1) is 0 Å². The zero-order valence-electron chi connectivity index (χ0n) is 7.20. The van der Waals surface area contributed by atoms with E-state index in [0.29, 0.717) is 6.42 Å². The van der Waals surface area contributed by atoms with E-state index in [0.717, 1.165) is 4.47 Å². The summed E-state index contributed by atoms with van der Waals surface area (Å²) in [4.78, 5) is 11.2.